The van der Waals surface area contributed by atoms with Gasteiger partial charge in [0.25, 0.3) is 0 Å². The van der Waals surface area contributed by atoms with E-state index >= 15 is 0 Å². The van der Waals surface area contributed by atoms with Crippen LogP contribution in [0.3, 0.4) is 0 Å². The van der Waals surface area contributed by atoms with E-state index in [2.05, 4.69) is 0 Å². The summed E-state index contributed by atoms with van der Waals surface area (Å²) in [5.74, 6) is 0.749. The smallest absolute Gasteiger partial charge is 0.224 e. The molecule has 0 unspecified atom stereocenters. The summed E-state index contributed by atoms with van der Waals surface area (Å²) < 4.78 is 10.6. The number of anilines is 1. The summed E-state index contributed by atoms with van der Waals surface area (Å²) >= 11 is 0. The number of hydrogen-bond acceptors (Lipinski definition) is 4. The van der Waals surface area contributed by atoms with Crippen molar-refractivity contribution in [2.24, 2.45) is 0 Å². The Kier molecular flexibility index (Phi) is 6.40. The zero-order chi connectivity index (χ0) is 16.7. The van der Waals surface area contributed by atoms with Crippen LogP contribution in [0.1, 0.15) is 20.3 Å². The minimum atomic E-state index is -0.0797. The minimum absolute atomic E-state index is 0.0606. The second-order valence-electron chi connectivity index (χ2n) is 5.34. The molecule has 0 radical (unpaired) electrons. The van der Waals surface area contributed by atoms with Crippen LogP contribution >= 0.6 is 0 Å². The van der Waals surface area contributed by atoms with Gasteiger partial charge in [-0.1, -0.05) is 0 Å². The molecule has 2 amide bonds. The molecule has 6 heteroatoms. The summed E-state index contributed by atoms with van der Waals surface area (Å²) in [4.78, 5) is 27.5. The molecule has 1 aromatic rings. The molecule has 6 nitrogen and oxygen atoms in total. The van der Waals surface area contributed by atoms with Crippen molar-refractivity contribution in [1.29, 1.82) is 0 Å². The molecule has 0 aromatic heterocycles. The number of benzene rings is 1. The van der Waals surface area contributed by atoms with Gasteiger partial charge in [-0.25, -0.2) is 0 Å². The van der Waals surface area contributed by atoms with E-state index in [4.69, 9.17) is 9.47 Å². The quantitative estimate of drug-likeness (QED) is 0.800. The highest BCUT2D eigenvalue weighted by atomic mass is 16.5. The Morgan fingerprint density at radius 3 is 2.43 bits per heavy atom. The molecule has 0 aliphatic carbocycles. The van der Waals surface area contributed by atoms with E-state index in [9.17, 15) is 9.59 Å². The van der Waals surface area contributed by atoms with Gasteiger partial charge >= 0.3 is 0 Å². The van der Waals surface area contributed by atoms with Crippen molar-refractivity contribution >= 4 is 17.5 Å². The molecule has 1 fully saturated rings. The van der Waals surface area contributed by atoms with Gasteiger partial charge < -0.3 is 19.3 Å². The highest BCUT2D eigenvalue weighted by Gasteiger charge is 2.19. The normalized spacial score (nSPS) is 14.4. The molecule has 0 bridgehead atoms. The van der Waals surface area contributed by atoms with Crippen molar-refractivity contribution in [3.63, 3.8) is 0 Å². The van der Waals surface area contributed by atoms with Gasteiger partial charge in [0.2, 0.25) is 11.8 Å². The van der Waals surface area contributed by atoms with E-state index in [0.717, 1.165) is 11.4 Å². The molecule has 0 saturated carbocycles. The largest absolute Gasteiger partial charge is 0.494 e. The van der Waals surface area contributed by atoms with E-state index in [-0.39, 0.29) is 11.8 Å². The lowest BCUT2D eigenvalue weighted by atomic mass is 10.2. The number of hydrogen-bond donors (Lipinski definition) is 0. The zero-order valence-corrected chi connectivity index (χ0v) is 13.8. The van der Waals surface area contributed by atoms with Gasteiger partial charge in [-0.15, -0.1) is 0 Å². The summed E-state index contributed by atoms with van der Waals surface area (Å²) in [5, 5.41) is 0. The van der Waals surface area contributed by atoms with Gasteiger partial charge in [0.15, 0.2) is 0 Å². The van der Waals surface area contributed by atoms with Gasteiger partial charge in [-0.3, -0.25) is 9.59 Å². The summed E-state index contributed by atoms with van der Waals surface area (Å²) in [5.41, 5.74) is 0.774. The molecule has 1 saturated heterocycles. The molecule has 2 rings (SSSR count). The van der Waals surface area contributed by atoms with Crippen LogP contribution < -0.4 is 9.64 Å². The molecule has 1 aliphatic rings. The fraction of sp³-hybridized carbons (Fsp3) is 0.529. The molecular formula is C17H24N2O4. The molecule has 1 heterocycles. The van der Waals surface area contributed by atoms with Crippen LogP contribution in [0.5, 0.6) is 5.75 Å². The predicted octanol–water partition coefficient (Wildman–Crippen LogP) is 1.69. The Hall–Kier alpha value is -2.08. The van der Waals surface area contributed by atoms with Gasteiger partial charge in [0.05, 0.1) is 19.8 Å². The first-order valence-corrected chi connectivity index (χ1v) is 7.98. The Morgan fingerprint density at radius 2 is 1.87 bits per heavy atom. The maximum absolute atomic E-state index is 12.2. The number of carbonyl (C=O) groups is 2. The Labute approximate surface area is 137 Å². The number of nitrogens with zero attached hydrogens (tertiary/aromatic N) is 2. The van der Waals surface area contributed by atoms with Crippen molar-refractivity contribution < 1.29 is 19.1 Å². The predicted molar refractivity (Wildman–Crippen MR) is 87.7 cm³/mol. The maximum Gasteiger partial charge on any atom is 0.224 e. The van der Waals surface area contributed by atoms with E-state index in [1.807, 2.05) is 31.2 Å². The minimum Gasteiger partial charge on any atom is -0.494 e. The Balaban J connectivity index is 1.95. The molecule has 0 atom stereocenters. The van der Waals surface area contributed by atoms with Gasteiger partial charge in [0.1, 0.15) is 5.75 Å². The van der Waals surface area contributed by atoms with Crippen LogP contribution in [0.4, 0.5) is 5.69 Å². The first-order valence-electron chi connectivity index (χ1n) is 7.98. The van der Waals surface area contributed by atoms with Crippen LogP contribution in [0, 0.1) is 0 Å². The SMILES string of the molecule is CCOc1ccc(N(CCC(=O)N2CCOCC2)C(C)=O)cc1. The first kappa shape index (κ1) is 17.3. The molecule has 0 spiro atoms. The van der Waals surface area contributed by atoms with Gasteiger partial charge in [0, 0.05) is 38.7 Å². The van der Waals surface area contributed by atoms with Crippen molar-refractivity contribution in [3.8, 4) is 5.75 Å². The lowest BCUT2D eigenvalue weighted by molar-refractivity contribution is -0.135. The highest BCUT2D eigenvalue weighted by Crippen LogP contribution is 2.20. The van der Waals surface area contributed by atoms with Crippen molar-refractivity contribution in [2.75, 3.05) is 44.4 Å². The fourth-order valence-corrected chi connectivity index (χ4v) is 2.54. The lowest BCUT2D eigenvalue weighted by Crippen LogP contribution is -2.42. The summed E-state index contributed by atoms with van der Waals surface area (Å²) in [6.07, 6.45) is 0.312. The van der Waals surface area contributed by atoms with E-state index in [0.29, 0.717) is 45.9 Å². The topological polar surface area (TPSA) is 59.1 Å². The van der Waals surface area contributed by atoms with E-state index in [1.54, 1.807) is 9.80 Å². The van der Waals surface area contributed by atoms with E-state index < -0.39 is 0 Å². The average molecular weight is 320 g/mol. The molecule has 23 heavy (non-hydrogen) atoms. The summed E-state index contributed by atoms with van der Waals surface area (Å²) in [6, 6.07) is 7.34. The number of amides is 2. The Morgan fingerprint density at radius 1 is 1.22 bits per heavy atom. The second kappa shape index (κ2) is 8.53. The van der Waals surface area contributed by atoms with Gasteiger partial charge in [-0.05, 0) is 31.2 Å². The third kappa shape index (κ3) is 4.96. The zero-order valence-electron chi connectivity index (χ0n) is 13.8. The van der Waals surface area contributed by atoms with Crippen LogP contribution in [-0.4, -0.2) is 56.2 Å². The number of ether oxygens (including phenoxy) is 2. The summed E-state index contributed by atoms with van der Waals surface area (Å²) in [6.45, 7) is 6.83. The van der Waals surface area contributed by atoms with Gasteiger partial charge in [-0.2, -0.15) is 0 Å². The summed E-state index contributed by atoms with van der Waals surface area (Å²) in [7, 11) is 0. The van der Waals surface area contributed by atoms with Crippen molar-refractivity contribution in [1.82, 2.24) is 4.90 Å². The van der Waals surface area contributed by atoms with Crippen molar-refractivity contribution in [3.05, 3.63) is 24.3 Å². The lowest BCUT2D eigenvalue weighted by Gasteiger charge is -2.28. The third-order valence-corrected chi connectivity index (χ3v) is 3.75. The molecule has 1 aliphatic heterocycles. The number of morpholine rings is 1. The highest BCUT2D eigenvalue weighted by molar-refractivity contribution is 5.92. The maximum atomic E-state index is 12.2. The monoisotopic (exact) mass is 320 g/mol. The third-order valence-electron chi connectivity index (χ3n) is 3.75. The number of rotatable bonds is 6. The molecule has 0 N–H and O–H groups in total. The van der Waals surface area contributed by atoms with Crippen LogP contribution in [-0.2, 0) is 14.3 Å². The second-order valence-corrected chi connectivity index (χ2v) is 5.34. The molecule has 126 valence electrons. The van der Waals surface area contributed by atoms with Crippen LogP contribution in [0.25, 0.3) is 0 Å². The Bertz CT molecular complexity index is 524. The van der Waals surface area contributed by atoms with Crippen molar-refractivity contribution in [2.45, 2.75) is 20.3 Å². The molecule has 1 aromatic carbocycles. The number of carbonyl (C=O) groups excluding carboxylic acids is 2. The average Bonchev–Trinajstić information content (AvgIpc) is 2.57. The van der Waals surface area contributed by atoms with Crippen LogP contribution in [0.15, 0.2) is 24.3 Å². The van der Waals surface area contributed by atoms with E-state index in [1.165, 1.54) is 6.92 Å². The van der Waals surface area contributed by atoms with Crippen LogP contribution in [0.2, 0.25) is 0 Å². The standard InChI is InChI=1S/C17H24N2O4/c1-3-23-16-6-4-15(5-7-16)19(14(2)20)9-8-17(21)18-10-12-22-13-11-18/h4-7H,3,8-13H2,1-2H3. The fourth-order valence-electron chi connectivity index (χ4n) is 2.54. The first-order chi connectivity index (χ1) is 11.1. The molecular weight excluding hydrogens is 296 g/mol.